The average molecular weight is 296 g/mol. The van der Waals surface area contributed by atoms with Crippen LogP contribution in [0.2, 0.25) is 0 Å². The monoisotopic (exact) mass is 296 g/mol. The number of nitrogens with two attached hydrogens (primary N) is 1. The Balaban J connectivity index is 2.16. The van der Waals surface area contributed by atoms with Crippen molar-refractivity contribution in [1.29, 1.82) is 0 Å². The third kappa shape index (κ3) is 2.59. The molecule has 0 aromatic carbocycles. The molecule has 2 N–H and O–H groups in total. The molecular formula is C16H28N2OS. The predicted octanol–water partition coefficient (Wildman–Crippen LogP) is 3.26. The normalized spacial score (nSPS) is 24.6. The second-order valence-corrected chi connectivity index (χ2v) is 7.13. The molecule has 20 heavy (non-hydrogen) atoms. The largest absolute Gasteiger partial charge is 0.392 e. The van der Waals surface area contributed by atoms with Crippen molar-refractivity contribution >= 4 is 23.1 Å². The molecule has 0 unspecified atom stereocenters. The number of carbonyl (C=O) groups excluding carboxylic acids is 1. The van der Waals surface area contributed by atoms with Crippen LogP contribution in [0, 0.1) is 10.8 Å². The Morgan fingerprint density at radius 2 is 1.75 bits per heavy atom. The first kappa shape index (κ1) is 15.7. The van der Waals surface area contributed by atoms with Crippen molar-refractivity contribution in [3.8, 4) is 0 Å². The third-order valence-corrected chi connectivity index (χ3v) is 6.20. The molecule has 2 aliphatic rings. The van der Waals surface area contributed by atoms with Crippen molar-refractivity contribution in [1.82, 2.24) is 4.90 Å². The lowest BCUT2D eigenvalue weighted by atomic mass is 9.72. The molecule has 0 radical (unpaired) electrons. The summed E-state index contributed by atoms with van der Waals surface area (Å²) in [4.78, 5) is 15.5. The van der Waals surface area contributed by atoms with Gasteiger partial charge in [0.1, 0.15) is 0 Å². The molecular weight excluding hydrogens is 268 g/mol. The molecule has 2 rings (SSSR count). The molecule has 4 heteroatoms. The Morgan fingerprint density at radius 1 is 1.15 bits per heavy atom. The van der Waals surface area contributed by atoms with E-state index in [1.165, 1.54) is 6.42 Å². The zero-order chi connectivity index (χ0) is 14.8. The van der Waals surface area contributed by atoms with Crippen molar-refractivity contribution in [2.75, 3.05) is 13.1 Å². The lowest BCUT2D eigenvalue weighted by molar-refractivity contribution is -0.139. The lowest BCUT2D eigenvalue weighted by Gasteiger charge is -2.38. The molecule has 1 heterocycles. The Kier molecular flexibility index (Phi) is 4.73. The number of amides is 1. The fraction of sp³-hybridized carbons (Fsp3) is 0.875. The predicted molar refractivity (Wildman–Crippen MR) is 86.5 cm³/mol. The Hall–Kier alpha value is -0.640. The number of rotatable bonds is 4. The molecule has 1 amide bonds. The van der Waals surface area contributed by atoms with Crippen LogP contribution in [0.25, 0.3) is 0 Å². The molecule has 114 valence electrons. The van der Waals surface area contributed by atoms with Crippen molar-refractivity contribution in [3.05, 3.63) is 0 Å². The van der Waals surface area contributed by atoms with Gasteiger partial charge in [0.15, 0.2) is 0 Å². The van der Waals surface area contributed by atoms with Crippen molar-refractivity contribution in [2.45, 2.75) is 65.2 Å². The standard InChI is InChI=1S/C16H28N2OS/c1-3-15(4-2)10-11-18(12-15)14(19)16(13(17)20)8-6-5-7-9-16/h3-12H2,1-2H3,(H2,17,20). The molecule has 2 fully saturated rings. The smallest absolute Gasteiger partial charge is 0.235 e. The number of hydrogen-bond donors (Lipinski definition) is 1. The van der Waals surface area contributed by atoms with Crippen LogP contribution < -0.4 is 5.73 Å². The number of likely N-dealkylation sites (tertiary alicyclic amines) is 1. The van der Waals surface area contributed by atoms with Crippen LogP contribution in [0.1, 0.15) is 65.2 Å². The van der Waals surface area contributed by atoms with Crippen LogP contribution in [0.5, 0.6) is 0 Å². The Morgan fingerprint density at radius 3 is 2.20 bits per heavy atom. The first-order valence-electron chi connectivity index (χ1n) is 8.09. The third-order valence-electron chi connectivity index (χ3n) is 5.81. The van der Waals surface area contributed by atoms with Gasteiger partial charge in [-0.1, -0.05) is 45.3 Å². The lowest BCUT2D eigenvalue weighted by Crippen LogP contribution is -2.51. The van der Waals surface area contributed by atoms with Gasteiger partial charge in [0, 0.05) is 13.1 Å². The van der Waals surface area contributed by atoms with E-state index in [-0.39, 0.29) is 5.91 Å². The first-order chi connectivity index (χ1) is 9.49. The van der Waals surface area contributed by atoms with E-state index in [1.807, 2.05) is 0 Å². The SMILES string of the molecule is CCC1(CC)CCN(C(=O)C2(C(N)=S)CCCCC2)C1. The van der Waals surface area contributed by atoms with Gasteiger partial charge in [-0.05, 0) is 37.5 Å². The van der Waals surface area contributed by atoms with Crippen LogP contribution in [0.3, 0.4) is 0 Å². The quantitative estimate of drug-likeness (QED) is 0.810. The molecule has 0 bridgehead atoms. The van der Waals surface area contributed by atoms with Gasteiger partial charge in [0.25, 0.3) is 0 Å². The summed E-state index contributed by atoms with van der Waals surface area (Å²) >= 11 is 5.28. The molecule has 0 aromatic heterocycles. The van der Waals surface area contributed by atoms with E-state index in [1.54, 1.807) is 0 Å². The summed E-state index contributed by atoms with van der Waals surface area (Å²) in [6.45, 7) is 6.25. The summed E-state index contributed by atoms with van der Waals surface area (Å²) in [6, 6.07) is 0. The molecule has 1 saturated carbocycles. The highest BCUT2D eigenvalue weighted by Crippen LogP contribution is 2.43. The molecule has 1 aliphatic heterocycles. The summed E-state index contributed by atoms with van der Waals surface area (Å²) < 4.78 is 0. The van der Waals surface area contributed by atoms with Crippen molar-refractivity contribution in [2.24, 2.45) is 16.6 Å². The minimum Gasteiger partial charge on any atom is -0.392 e. The molecule has 0 aromatic rings. The number of hydrogen-bond acceptors (Lipinski definition) is 2. The van der Waals surface area contributed by atoms with Gasteiger partial charge in [-0.15, -0.1) is 0 Å². The second kappa shape index (κ2) is 6.00. The van der Waals surface area contributed by atoms with E-state index in [0.29, 0.717) is 10.4 Å². The average Bonchev–Trinajstić information content (AvgIpc) is 2.92. The van der Waals surface area contributed by atoms with Crippen LogP contribution in [0.4, 0.5) is 0 Å². The number of nitrogens with zero attached hydrogens (tertiary/aromatic N) is 1. The zero-order valence-corrected chi connectivity index (χ0v) is 13.7. The maximum atomic E-state index is 13.0. The van der Waals surface area contributed by atoms with Crippen LogP contribution in [-0.2, 0) is 4.79 Å². The molecule has 3 nitrogen and oxygen atoms in total. The van der Waals surface area contributed by atoms with E-state index in [0.717, 1.165) is 58.0 Å². The minimum absolute atomic E-state index is 0.216. The van der Waals surface area contributed by atoms with E-state index in [4.69, 9.17) is 18.0 Å². The van der Waals surface area contributed by atoms with Gasteiger partial charge in [-0.3, -0.25) is 4.79 Å². The van der Waals surface area contributed by atoms with Gasteiger partial charge in [0.05, 0.1) is 10.4 Å². The van der Waals surface area contributed by atoms with Gasteiger partial charge < -0.3 is 10.6 Å². The summed E-state index contributed by atoms with van der Waals surface area (Å²) in [6.07, 6.45) is 8.46. The zero-order valence-electron chi connectivity index (χ0n) is 12.9. The highest BCUT2D eigenvalue weighted by atomic mass is 32.1. The van der Waals surface area contributed by atoms with E-state index < -0.39 is 5.41 Å². The van der Waals surface area contributed by atoms with Crippen molar-refractivity contribution in [3.63, 3.8) is 0 Å². The summed E-state index contributed by atoms with van der Waals surface area (Å²) in [5, 5.41) is 0. The van der Waals surface area contributed by atoms with E-state index >= 15 is 0 Å². The number of thiocarbonyl (C=S) groups is 1. The van der Waals surface area contributed by atoms with Gasteiger partial charge >= 0.3 is 0 Å². The molecule has 1 aliphatic carbocycles. The molecule has 0 spiro atoms. The first-order valence-corrected chi connectivity index (χ1v) is 8.50. The highest BCUT2D eigenvalue weighted by molar-refractivity contribution is 7.80. The summed E-state index contributed by atoms with van der Waals surface area (Å²) in [7, 11) is 0. The molecule has 1 saturated heterocycles. The maximum absolute atomic E-state index is 13.0. The highest BCUT2D eigenvalue weighted by Gasteiger charge is 2.48. The fourth-order valence-corrected chi connectivity index (χ4v) is 4.25. The van der Waals surface area contributed by atoms with Crippen LogP contribution >= 0.6 is 12.2 Å². The molecule has 0 atom stereocenters. The second-order valence-electron chi connectivity index (χ2n) is 6.69. The summed E-state index contributed by atoms with van der Waals surface area (Å²) in [5.41, 5.74) is 5.77. The Bertz CT molecular complexity index is 384. The fourth-order valence-electron chi connectivity index (χ4n) is 3.96. The van der Waals surface area contributed by atoms with Gasteiger partial charge in [-0.25, -0.2) is 0 Å². The minimum atomic E-state index is -0.537. The maximum Gasteiger partial charge on any atom is 0.235 e. The van der Waals surface area contributed by atoms with Crippen LogP contribution in [-0.4, -0.2) is 28.9 Å². The van der Waals surface area contributed by atoms with E-state index in [2.05, 4.69) is 18.7 Å². The topological polar surface area (TPSA) is 46.3 Å². The van der Waals surface area contributed by atoms with Crippen LogP contribution in [0.15, 0.2) is 0 Å². The van der Waals surface area contributed by atoms with Gasteiger partial charge in [0.2, 0.25) is 5.91 Å². The van der Waals surface area contributed by atoms with Gasteiger partial charge in [-0.2, -0.15) is 0 Å². The van der Waals surface area contributed by atoms with E-state index in [9.17, 15) is 4.79 Å². The summed E-state index contributed by atoms with van der Waals surface area (Å²) in [5.74, 6) is 0.216. The van der Waals surface area contributed by atoms with Crippen molar-refractivity contribution < 1.29 is 4.79 Å². The number of carbonyl (C=O) groups is 1. The Labute approximate surface area is 128 Å².